The quantitative estimate of drug-likeness (QED) is 0.768. The Morgan fingerprint density at radius 1 is 1.07 bits per heavy atom. The van der Waals surface area contributed by atoms with Gasteiger partial charge in [-0.3, -0.25) is 0 Å². The van der Waals surface area contributed by atoms with E-state index in [0.717, 1.165) is 6.54 Å². The van der Waals surface area contributed by atoms with Gasteiger partial charge in [0.1, 0.15) is 0 Å². The maximum Gasteiger partial charge on any atom is 0.0399 e. The first-order valence-corrected chi connectivity index (χ1v) is 5.72. The molecule has 0 spiro atoms. The Hall–Kier alpha value is -0.980. The second-order valence-corrected chi connectivity index (χ2v) is 5.27. The second-order valence-electron chi connectivity index (χ2n) is 5.27. The molecular weight excluding hydrogens is 182 g/mol. The average Bonchev–Trinajstić information content (AvgIpc) is 2.09. The van der Waals surface area contributed by atoms with Crippen molar-refractivity contribution in [1.82, 2.24) is 0 Å². The van der Waals surface area contributed by atoms with Crippen LogP contribution in [0.15, 0.2) is 12.1 Å². The Balaban J connectivity index is 3.19. The lowest BCUT2D eigenvalue weighted by Gasteiger charge is -2.22. The van der Waals surface area contributed by atoms with Crippen LogP contribution in [0.3, 0.4) is 0 Å². The molecule has 84 valence electrons. The van der Waals surface area contributed by atoms with Gasteiger partial charge in [0.05, 0.1) is 0 Å². The molecule has 15 heavy (non-hydrogen) atoms. The van der Waals surface area contributed by atoms with E-state index < -0.39 is 0 Å². The van der Waals surface area contributed by atoms with Gasteiger partial charge < -0.3 is 5.32 Å². The fourth-order valence-corrected chi connectivity index (χ4v) is 1.85. The van der Waals surface area contributed by atoms with Crippen molar-refractivity contribution in [1.29, 1.82) is 0 Å². The highest BCUT2D eigenvalue weighted by molar-refractivity contribution is 5.58. The summed E-state index contributed by atoms with van der Waals surface area (Å²) in [5.41, 5.74) is 5.65. The molecule has 0 aliphatic heterocycles. The predicted molar refractivity (Wildman–Crippen MR) is 68.8 cm³/mol. The van der Waals surface area contributed by atoms with Gasteiger partial charge in [-0.2, -0.15) is 0 Å². The maximum atomic E-state index is 3.42. The van der Waals surface area contributed by atoms with Crippen molar-refractivity contribution in [3.05, 3.63) is 28.8 Å². The molecule has 0 heterocycles. The molecule has 1 heteroatoms. The summed E-state index contributed by atoms with van der Waals surface area (Å²) in [6.07, 6.45) is 0. The van der Waals surface area contributed by atoms with E-state index in [1.165, 1.54) is 22.4 Å². The topological polar surface area (TPSA) is 12.0 Å². The van der Waals surface area contributed by atoms with Crippen LogP contribution in [0.2, 0.25) is 0 Å². The van der Waals surface area contributed by atoms with Crippen LogP contribution >= 0.6 is 0 Å². The van der Waals surface area contributed by atoms with Gasteiger partial charge in [-0.25, -0.2) is 0 Å². The van der Waals surface area contributed by atoms with Gasteiger partial charge in [-0.1, -0.05) is 32.9 Å². The lowest BCUT2D eigenvalue weighted by Crippen LogP contribution is -2.12. The van der Waals surface area contributed by atoms with Gasteiger partial charge >= 0.3 is 0 Å². The van der Waals surface area contributed by atoms with Gasteiger partial charge in [0.2, 0.25) is 0 Å². The molecule has 1 N–H and O–H groups in total. The van der Waals surface area contributed by atoms with Crippen LogP contribution in [0.1, 0.15) is 44.4 Å². The van der Waals surface area contributed by atoms with Crippen LogP contribution in [0.25, 0.3) is 0 Å². The van der Waals surface area contributed by atoms with E-state index in [-0.39, 0.29) is 5.41 Å². The molecule has 1 nitrogen and oxygen atoms in total. The highest BCUT2D eigenvalue weighted by Gasteiger charge is 2.15. The van der Waals surface area contributed by atoms with Crippen LogP contribution in [0.4, 0.5) is 5.69 Å². The molecule has 0 aliphatic carbocycles. The summed E-state index contributed by atoms with van der Waals surface area (Å²) in [6, 6.07) is 4.59. The Morgan fingerprint density at radius 3 is 1.87 bits per heavy atom. The third-order valence-electron chi connectivity index (χ3n) is 2.75. The number of benzene rings is 1. The van der Waals surface area contributed by atoms with E-state index in [1.54, 1.807) is 0 Å². The van der Waals surface area contributed by atoms with Crippen molar-refractivity contribution < 1.29 is 0 Å². The average molecular weight is 205 g/mol. The molecule has 1 aromatic rings. The van der Waals surface area contributed by atoms with Gasteiger partial charge in [-0.15, -0.1) is 0 Å². The monoisotopic (exact) mass is 205 g/mol. The fourth-order valence-electron chi connectivity index (χ4n) is 1.85. The summed E-state index contributed by atoms with van der Waals surface area (Å²) in [6.45, 7) is 14.3. The number of aryl methyl sites for hydroxylation is 2. The smallest absolute Gasteiger partial charge is 0.0399 e. The van der Waals surface area contributed by atoms with Crippen molar-refractivity contribution in [3.63, 3.8) is 0 Å². The minimum Gasteiger partial charge on any atom is -0.385 e. The van der Waals surface area contributed by atoms with Crippen LogP contribution in [-0.4, -0.2) is 6.54 Å². The van der Waals surface area contributed by atoms with Gasteiger partial charge in [0.15, 0.2) is 0 Å². The molecule has 0 bridgehead atoms. The Bertz CT molecular complexity index is 322. The molecule has 0 fully saturated rings. The summed E-state index contributed by atoms with van der Waals surface area (Å²) < 4.78 is 0. The minimum absolute atomic E-state index is 0.236. The number of nitrogens with one attached hydrogen (secondary N) is 1. The summed E-state index contributed by atoms with van der Waals surface area (Å²) in [5, 5.41) is 3.42. The summed E-state index contributed by atoms with van der Waals surface area (Å²) >= 11 is 0. The first-order chi connectivity index (χ1) is 6.86. The zero-order valence-corrected chi connectivity index (χ0v) is 10.9. The molecule has 0 aliphatic rings. The van der Waals surface area contributed by atoms with E-state index >= 15 is 0 Å². The van der Waals surface area contributed by atoms with E-state index in [9.17, 15) is 0 Å². The van der Waals surface area contributed by atoms with Crippen LogP contribution in [-0.2, 0) is 5.41 Å². The SMILES string of the molecule is CCNc1c(C)cc(C(C)(C)C)cc1C. The van der Waals surface area contributed by atoms with E-state index in [0.29, 0.717) is 0 Å². The van der Waals surface area contributed by atoms with Crippen LogP contribution < -0.4 is 5.32 Å². The fraction of sp³-hybridized carbons (Fsp3) is 0.571. The maximum absolute atomic E-state index is 3.42. The highest BCUT2D eigenvalue weighted by Crippen LogP contribution is 2.29. The van der Waals surface area contributed by atoms with Gasteiger partial charge in [-0.05, 0) is 42.9 Å². The third-order valence-corrected chi connectivity index (χ3v) is 2.75. The largest absolute Gasteiger partial charge is 0.385 e. The Labute approximate surface area is 93.9 Å². The van der Waals surface area contributed by atoms with Crippen molar-refractivity contribution >= 4 is 5.69 Å². The zero-order chi connectivity index (χ0) is 11.6. The molecule has 0 aromatic heterocycles. The predicted octanol–water partition coefficient (Wildman–Crippen LogP) is 4.03. The zero-order valence-electron chi connectivity index (χ0n) is 10.9. The molecule has 0 amide bonds. The number of hydrogen-bond acceptors (Lipinski definition) is 1. The van der Waals surface area contributed by atoms with E-state index in [1.807, 2.05) is 0 Å². The molecular formula is C14H23N. The highest BCUT2D eigenvalue weighted by atomic mass is 14.9. The summed E-state index contributed by atoms with van der Waals surface area (Å²) in [7, 11) is 0. The lowest BCUT2D eigenvalue weighted by atomic mass is 9.85. The summed E-state index contributed by atoms with van der Waals surface area (Å²) in [4.78, 5) is 0. The lowest BCUT2D eigenvalue weighted by molar-refractivity contribution is 0.589. The van der Waals surface area contributed by atoms with Crippen molar-refractivity contribution in [2.45, 2.75) is 47.0 Å². The second kappa shape index (κ2) is 4.26. The van der Waals surface area contributed by atoms with Crippen molar-refractivity contribution in [3.8, 4) is 0 Å². The van der Waals surface area contributed by atoms with Crippen molar-refractivity contribution in [2.75, 3.05) is 11.9 Å². The van der Waals surface area contributed by atoms with E-state index in [4.69, 9.17) is 0 Å². The Kier molecular flexibility index (Phi) is 3.43. The van der Waals surface area contributed by atoms with Crippen LogP contribution in [0.5, 0.6) is 0 Å². The molecule has 0 atom stereocenters. The minimum atomic E-state index is 0.236. The van der Waals surface area contributed by atoms with E-state index in [2.05, 4.69) is 59.0 Å². The molecule has 1 aromatic carbocycles. The van der Waals surface area contributed by atoms with Crippen LogP contribution in [0, 0.1) is 13.8 Å². The molecule has 0 saturated heterocycles. The number of rotatable bonds is 2. The first-order valence-electron chi connectivity index (χ1n) is 5.72. The first kappa shape index (κ1) is 12.1. The molecule has 0 radical (unpaired) electrons. The van der Waals surface area contributed by atoms with Gasteiger partial charge in [0.25, 0.3) is 0 Å². The Morgan fingerprint density at radius 2 is 1.53 bits per heavy atom. The summed E-state index contributed by atoms with van der Waals surface area (Å²) in [5.74, 6) is 0. The molecule has 1 rings (SSSR count). The molecule has 0 saturated carbocycles. The van der Waals surface area contributed by atoms with Crippen molar-refractivity contribution in [2.24, 2.45) is 0 Å². The standard InChI is InChI=1S/C14H23N/c1-7-15-13-10(2)8-12(9-11(13)3)14(4,5)6/h8-9,15H,7H2,1-6H3. The number of hydrogen-bond donors (Lipinski definition) is 1. The molecule has 0 unspecified atom stereocenters. The third kappa shape index (κ3) is 2.74. The number of anilines is 1. The normalized spacial score (nSPS) is 11.6. The van der Waals surface area contributed by atoms with Gasteiger partial charge in [0, 0.05) is 12.2 Å².